The summed E-state index contributed by atoms with van der Waals surface area (Å²) in [5.41, 5.74) is 0.883. The van der Waals surface area contributed by atoms with Crippen LogP contribution < -0.4 is 10.1 Å². The predicted molar refractivity (Wildman–Crippen MR) is 63.7 cm³/mol. The van der Waals surface area contributed by atoms with E-state index < -0.39 is 0 Å². The van der Waals surface area contributed by atoms with Gasteiger partial charge in [0, 0.05) is 19.2 Å². The van der Waals surface area contributed by atoms with Crippen molar-refractivity contribution in [3.05, 3.63) is 23.9 Å². The van der Waals surface area contributed by atoms with Crippen molar-refractivity contribution in [1.29, 1.82) is 0 Å². The van der Waals surface area contributed by atoms with Gasteiger partial charge in [0.05, 0.1) is 25.8 Å². The second-order valence-electron chi connectivity index (χ2n) is 3.40. The van der Waals surface area contributed by atoms with E-state index in [1.165, 1.54) is 0 Å². The fourth-order valence-corrected chi connectivity index (χ4v) is 1.31. The van der Waals surface area contributed by atoms with Gasteiger partial charge in [-0.3, -0.25) is 4.79 Å². The van der Waals surface area contributed by atoms with Gasteiger partial charge >= 0.3 is 5.97 Å². The van der Waals surface area contributed by atoms with Gasteiger partial charge in [0.2, 0.25) is 5.88 Å². The average Bonchev–Trinajstić information content (AvgIpc) is 2.35. The van der Waals surface area contributed by atoms with E-state index in [0.717, 1.165) is 5.69 Å². The molecule has 1 aromatic heterocycles. The molecule has 0 saturated heterocycles. The second kappa shape index (κ2) is 7.62. The molecule has 0 bridgehead atoms. The van der Waals surface area contributed by atoms with Crippen molar-refractivity contribution in [3.8, 4) is 5.88 Å². The minimum atomic E-state index is -0.182. The van der Waals surface area contributed by atoms with Gasteiger partial charge in [0.15, 0.2) is 0 Å². The quantitative estimate of drug-likeness (QED) is 0.570. The summed E-state index contributed by atoms with van der Waals surface area (Å²) in [7, 11) is 1.58. The van der Waals surface area contributed by atoms with Crippen LogP contribution in [-0.4, -0.2) is 31.2 Å². The lowest BCUT2D eigenvalue weighted by Gasteiger charge is -2.05. The summed E-state index contributed by atoms with van der Waals surface area (Å²) in [4.78, 5) is 15.3. The maximum absolute atomic E-state index is 11.1. The Labute approximate surface area is 101 Å². The molecule has 5 nitrogen and oxygen atoms in total. The molecule has 0 aliphatic heterocycles. The first-order valence-corrected chi connectivity index (χ1v) is 5.62. The number of carbonyl (C=O) groups excluding carboxylic acids is 1. The summed E-state index contributed by atoms with van der Waals surface area (Å²) < 4.78 is 9.83. The van der Waals surface area contributed by atoms with Gasteiger partial charge in [0.1, 0.15) is 0 Å². The van der Waals surface area contributed by atoms with E-state index in [-0.39, 0.29) is 5.97 Å². The Balaban J connectivity index is 2.24. The highest BCUT2D eigenvalue weighted by Crippen LogP contribution is 2.05. The molecule has 0 spiro atoms. The van der Waals surface area contributed by atoms with Crippen molar-refractivity contribution in [1.82, 2.24) is 10.3 Å². The first kappa shape index (κ1) is 13.4. The first-order chi connectivity index (χ1) is 8.26. The summed E-state index contributed by atoms with van der Waals surface area (Å²) in [6.07, 6.45) is 0.373. The van der Waals surface area contributed by atoms with Gasteiger partial charge in [0.25, 0.3) is 0 Å². The molecule has 1 heterocycles. The molecule has 0 saturated carbocycles. The number of ether oxygens (including phenoxy) is 2. The van der Waals surface area contributed by atoms with Crippen LogP contribution in [0.2, 0.25) is 0 Å². The van der Waals surface area contributed by atoms with E-state index in [0.29, 0.717) is 32.0 Å². The summed E-state index contributed by atoms with van der Waals surface area (Å²) in [5, 5.41) is 3.12. The Morgan fingerprint density at radius 2 is 2.29 bits per heavy atom. The average molecular weight is 238 g/mol. The minimum absolute atomic E-state index is 0.182. The van der Waals surface area contributed by atoms with Crippen molar-refractivity contribution in [3.63, 3.8) is 0 Å². The van der Waals surface area contributed by atoms with Gasteiger partial charge in [-0.15, -0.1) is 0 Å². The summed E-state index contributed by atoms with van der Waals surface area (Å²) in [6, 6.07) is 5.58. The zero-order valence-electron chi connectivity index (χ0n) is 10.2. The number of esters is 1. The molecule has 1 aromatic rings. The maximum atomic E-state index is 11.1. The van der Waals surface area contributed by atoms with E-state index in [1.807, 2.05) is 12.1 Å². The van der Waals surface area contributed by atoms with Gasteiger partial charge in [-0.2, -0.15) is 0 Å². The highest BCUT2D eigenvalue weighted by molar-refractivity contribution is 5.69. The van der Waals surface area contributed by atoms with Crippen molar-refractivity contribution in [2.75, 3.05) is 20.3 Å². The molecule has 1 N–H and O–H groups in total. The Kier molecular flexibility index (Phi) is 6.03. The molecule has 0 atom stereocenters. The standard InChI is InChI=1S/C12H18N2O3/c1-3-17-12(15)7-8-13-9-10-5-4-6-11(14-10)16-2/h4-6,13H,3,7-9H2,1-2H3. The Morgan fingerprint density at radius 3 is 3.00 bits per heavy atom. The normalized spacial score (nSPS) is 10.0. The molecule has 1 rings (SSSR count). The second-order valence-corrected chi connectivity index (χ2v) is 3.40. The molecule has 0 fully saturated rings. The van der Waals surface area contributed by atoms with Crippen LogP contribution in [-0.2, 0) is 16.1 Å². The zero-order chi connectivity index (χ0) is 12.5. The summed E-state index contributed by atoms with van der Waals surface area (Å²) in [5.74, 6) is 0.410. The fourth-order valence-electron chi connectivity index (χ4n) is 1.31. The Hall–Kier alpha value is -1.62. The number of carbonyl (C=O) groups is 1. The van der Waals surface area contributed by atoms with Gasteiger partial charge in [-0.25, -0.2) is 4.98 Å². The van der Waals surface area contributed by atoms with Crippen LogP contribution in [0.25, 0.3) is 0 Å². The summed E-state index contributed by atoms with van der Waals surface area (Å²) >= 11 is 0. The van der Waals surface area contributed by atoms with Crippen LogP contribution in [0.15, 0.2) is 18.2 Å². The number of aromatic nitrogens is 1. The molecule has 5 heteroatoms. The first-order valence-electron chi connectivity index (χ1n) is 5.62. The molecule has 0 aromatic carbocycles. The number of nitrogens with zero attached hydrogens (tertiary/aromatic N) is 1. The SMILES string of the molecule is CCOC(=O)CCNCc1cccc(OC)n1. The maximum Gasteiger partial charge on any atom is 0.307 e. The Morgan fingerprint density at radius 1 is 1.47 bits per heavy atom. The monoisotopic (exact) mass is 238 g/mol. The molecular formula is C12H18N2O3. The molecule has 17 heavy (non-hydrogen) atoms. The third-order valence-electron chi connectivity index (χ3n) is 2.11. The van der Waals surface area contributed by atoms with Gasteiger partial charge in [-0.05, 0) is 13.0 Å². The molecule has 0 unspecified atom stereocenters. The zero-order valence-corrected chi connectivity index (χ0v) is 10.2. The van der Waals surface area contributed by atoms with E-state index >= 15 is 0 Å². The van der Waals surface area contributed by atoms with E-state index in [1.54, 1.807) is 20.1 Å². The van der Waals surface area contributed by atoms with Crippen LogP contribution in [0.1, 0.15) is 19.0 Å². The molecule has 0 amide bonds. The van der Waals surface area contributed by atoms with Crippen LogP contribution in [0, 0.1) is 0 Å². The van der Waals surface area contributed by atoms with Crippen LogP contribution in [0.5, 0.6) is 5.88 Å². The smallest absolute Gasteiger partial charge is 0.307 e. The van der Waals surface area contributed by atoms with Crippen LogP contribution >= 0.6 is 0 Å². The fraction of sp³-hybridized carbons (Fsp3) is 0.500. The number of hydrogen-bond acceptors (Lipinski definition) is 5. The molecule has 94 valence electrons. The van der Waals surface area contributed by atoms with Crippen LogP contribution in [0.3, 0.4) is 0 Å². The highest BCUT2D eigenvalue weighted by Gasteiger charge is 2.01. The molecule has 0 radical (unpaired) electrons. The minimum Gasteiger partial charge on any atom is -0.481 e. The largest absolute Gasteiger partial charge is 0.481 e. The van der Waals surface area contributed by atoms with Crippen LogP contribution in [0.4, 0.5) is 0 Å². The lowest BCUT2D eigenvalue weighted by molar-refractivity contribution is -0.142. The number of hydrogen-bond donors (Lipinski definition) is 1. The highest BCUT2D eigenvalue weighted by atomic mass is 16.5. The third kappa shape index (κ3) is 5.31. The lowest BCUT2D eigenvalue weighted by Crippen LogP contribution is -2.19. The topological polar surface area (TPSA) is 60.5 Å². The van der Waals surface area contributed by atoms with Gasteiger partial charge in [-0.1, -0.05) is 6.07 Å². The Bertz CT molecular complexity index is 355. The molecule has 0 aliphatic rings. The van der Waals surface area contributed by atoms with Crippen molar-refractivity contribution >= 4 is 5.97 Å². The van der Waals surface area contributed by atoms with Gasteiger partial charge < -0.3 is 14.8 Å². The van der Waals surface area contributed by atoms with E-state index in [2.05, 4.69) is 10.3 Å². The molecular weight excluding hydrogens is 220 g/mol. The van der Waals surface area contributed by atoms with Crippen molar-refractivity contribution < 1.29 is 14.3 Å². The molecule has 0 aliphatic carbocycles. The van der Waals surface area contributed by atoms with Crippen molar-refractivity contribution in [2.24, 2.45) is 0 Å². The number of methoxy groups -OCH3 is 1. The lowest BCUT2D eigenvalue weighted by atomic mass is 10.3. The van der Waals surface area contributed by atoms with Crippen molar-refractivity contribution in [2.45, 2.75) is 19.9 Å². The number of nitrogens with one attached hydrogen (secondary N) is 1. The van der Waals surface area contributed by atoms with E-state index in [4.69, 9.17) is 9.47 Å². The predicted octanol–water partition coefficient (Wildman–Crippen LogP) is 1.13. The van der Waals surface area contributed by atoms with E-state index in [9.17, 15) is 4.79 Å². The number of pyridine rings is 1. The number of rotatable bonds is 7. The third-order valence-corrected chi connectivity index (χ3v) is 2.11. The summed E-state index contributed by atoms with van der Waals surface area (Å²) in [6.45, 7) is 3.41.